The summed E-state index contributed by atoms with van der Waals surface area (Å²) < 4.78 is 25.5. The fourth-order valence-corrected chi connectivity index (χ4v) is 3.44. The van der Waals surface area contributed by atoms with Gasteiger partial charge < -0.3 is 16.0 Å². The Morgan fingerprint density at radius 2 is 1.74 bits per heavy atom. The molecule has 0 aromatic heterocycles. The van der Waals surface area contributed by atoms with E-state index in [9.17, 15) is 13.2 Å². The van der Waals surface area contributed by atoms with Crippen molar-refractivity contribution in [1.29, 1.82) is 0 Å². The van der Waals surface area contributed by atoms with Crippen LogP contribution in [0.4, 0.5) is 0 Å². The van der Waals surface area contributed by atoms with Crippen LogP contribution >= 0.6 is 39.9 Å². The second-order valence-electron chi connectivity index (χ2n) is 6.69. The summed E-state index contributed by atoms with van der Waals surface area (Å²) in [7, 11) is -3.39. The molecule has 0 aliphatic heterocycles. The van der Waals surface area contributed by atoms with Gasteiger partial charge in [0.2, 0.25) is 5.91 Å². The molecule has 0 saturated carbocycles. The molecule has 0 aliphatic carbocycles. The van der Waals surface area contributed by atoms with Crippen molar-refractivity contribution in [2.75, 3.05) is 25.4 Å². The number of hydrogen-bond donors (Lipinski definition) is 3. The minimum absolute atomic E-state index is 0. The summed E-state index contributed by atoms with van der Waals surface area (Å²) in [6.07, 6.45) is 0. The quantitative estimate of drug-likeness (QED) is 0.264. The van der Waals surface area contributed by atoms with Crippen molar-refractivity contribution in [2.45, 2.75) is 38.1 Å². The summed E-state index contributed by atoms with van der Waals surface area (Å²) in [4.78, 5) is 16.3. The van der Waals surface area contributed by atoms with Crippen LogP contribution in [0.3, 0.4) is 0 Å². The topological polar surface area (TPSA) is 99.7 Å². The molecule has 0 fully saturated rings. The van der Waals surface area contributed by atoms with E-state index in [-0.39, 0.29) is 59.2 Å². The smallest absolute Gasteiger partial charge is 0.242 e. The molecule has 0 heterocycles. The van der Waals surface area contributed by atoms with Gasteiger partial charge >= 0.3 is 0 Å². The third kappa shape index (κ3) is 10.9. The van der Waals surface area contributed by atoms with Crippen molar-refractivity contribution in [2.24, 2.45) is 4.99 Å². The lowest BCUT2D eigenvalue weighted by Crippen LogP contribution is -2.43. The summed E-state index contributed by atoms with van der Waals surface area (Å²) >= 11 is 3.28. The highest BCUT2D eigenvalue weighted by molar-refractivity contribution is 14.0. The summed E-state index contributed by atoms with van der Waals surface area (Å²) in [5, 5.41) is 8.76. The van der Waals surface area contributed by atoms with E-state index in [1.54, 1.807) is 24.3 Å². The van der Waals surface area contributed by atoms with Gasteiger partial charge in [-0.3, -0.25) is 4.79 Å². The van der Waals surface area contributed by atoms with Crippen molar-refractivity contribution in [3.8, 4) is 0 Å². The Morgan fingerprint density at radius 3 is 2.26 bits per heavy atom. The number of hydrogen-bond acceptors (Lipinski definition) is 4. The second kappa shape index (κ2) is 11.8. The Kier molecular flexibility index (Phi) is 11.5. The van der Waals surface area contributed by atoms with Gasteiger partial charge in [0.05, 0.1) is 10.6 Å². The predicted octanol–water partition coefficient (Wildman–Crippen LogP) is 2.31. The van der Waals surface area contributed by atoms with Crippen LogP contribution in [-0.2, 0) is 14.6 Å². The zero-order valence-electron chi connectivity index (χ0n) is 16.0. The number of halogens is 2. The molecule has 1 amide bonds. The third-order valence-corrected chi connectivity index (χ3v) is 5.34. The molecule has 7 nitrogen and oxygen atoms in total. The highest BCUT2D eigenvalue weighted by atomic mass is 127. The maximum absolute atomic E-state index is 12.3. The van der Waals surface area contributed by atoms with Crippen LogP contribution in [0.15, 0.2) is 38.6 Å². The highest BCUT2D eigenvalue weighted by Gasteiger charge is 2.15. The number of nitrogens with one attached hydrogen (secondary N) is 3. The molecule has 0 radical (unpaired) electrons. The largest absolute Gasteiger partial charge is 0.357 e. The molecule has 27 heavy (non-hydrogen) atoms. The average molecular weight is 575 g/mol. The second-order valence-corrected chi connectivity index (χ2v) is 9.72. The third-order valence-electron chi connectivity index (χ3n) is 3.08. The zero-order chi connectivity index (χ0) is 19.8. The van der Waals surface area contributed by atoms with Crippen LogP contribution in [0.2, 0.25) is 0 Å². The van der Waals surface area contributed by atoms with Gasteiger partial charge in [0.1, 0.15) is 6.54 Å². The molecule has 0 atom stereocenters. The molecule has 0 aliphatic rings. The summed E-state index contributed by atoms with van der Waals surface area (Å²) in [6.45, 7) is 8.33. The molecule has 0 saturated heterocycles. The van der Waals surface area contributed by atoms with Crippen molar-refractivity contribution in [3.05, 3.63) is 28.7 Å². The fourth-order valence-electron chi connectivity index (χ4n) is 2.01. The predicted molar refractivity (Wildman–Crippen MR) is 123 cm³/mol. The lowest BCUT2D eigenvalue weighted by molar-refractivity contribution is -0.121. The van der Waals surface area contributed by atoms with E-state index >= 15 is 0 Å². The maximum atomic E-state index is 12.3. The average Bonchev–Trinajstić information content (AvgIpc) is 2.51. The normalized spacial score (nSPS) is 12.1. The van der Waals surface area contributed by atoms with Crippen LogP contribution in [0.1, 0.15) is 27.7 Å². The van der Waals surface area contributed by atoms with E-state index in [0.717, 1.165) is 4.47 Å². The molecular formula is C17H28BrIN4O3S. The lowest BCUT2D eigenvalue weighted by atomic mass is 10.1. The van der Waals surface area contributed by atoms with Crippen molar-refractivity contribution >= 4 is 61.6 Å². The Balaban J connectivity index is 0.00000676. The SMILES string of the molecule is CCNC(=NCC(=O)NC(C)(C)C)NCCS(=O)(=O)c1ccc(Br)cc1.I. The van der Waals surface area contributed by atoms with E-state index in [1.807, 2.05) is 27.7 Å². The number of carbonyl (C=O) groups is 1. The Bertz CT molecular complexity index is 732. The van der Waals surface area contributed by atoms with Gasteiger partial charge in [0, 0.05) is 23.1 Å². The monoisotopic (exact) mass is 574 g/mol. The maximum Gasteiger partial charge on any atom is 0.242 e. The molecule has 1 aromatic rings. The molecule has 0 bridgehead atoms. The van der Waals surface area contributed by atoms with Crippen molar-refractivity contribution in [1.82, 2.24) is 16.0 Å². The van der Waals surface area contributed by atoms with Crippen LogP contribution < -0.4 is 16.0 Å². The standard InChI is InChI=1S/C17H27BrN4O3S.HI/c1-5-19-16(21-12-15(23)22-17(2,3)4)20-10-11-26(24,25)14-8-6-13(18)7-9-14;/h6-9H,5,10-12H2,1-4H3,(H,22,23)(H2,19,20,21);1H. The summed E-state index contributed by atoms with van der Waals surface area (Å²) in [6, 6.07) is 6.52. The number of aliphatic imine (C=N–C) groups is 1. The number of benzene rings is 1. The van der Waals surface area contributed by atoms with Crippen LogP contribution in [0.25, 0.3) is 0 Å². The van der Waals surface area contributed by atoms with Gasteiger partial charge in [-0.25, -0.2) is 13.4 Å². The van der Waals surface area contributed by atoms with Crippen LogP contribution in [0, 0.1) is 0 Å². The number of nitrogens with zero attached hydrogens (tertiary/aromatic N) is 1. The minimum atomic E-state index is -3.39. The van der Waals surface area contributed by atoms with Crippen LogP contribution in [-0.4, -0.2) is 51.2 Å². The molecule has 0 unspecified atom stereocenters. The molecule has 3 N–H and O–H groups in total. The number of amides is 1. The van der Waals surface area contributed by atoms with Gasteiger partial charge in [-0.1, -0.05) is 15.9 Å². The number of sulfone groups is 1. The zero-order valence-corrected chi connectivity index (χ0v) is 20.7. The van der Waals surface area contributed by atoms with Gasteiger partial charge in [-0.15, -0.1) is 24.0 Å². The molecule has 10 heteroatoms. The first kappa shape index (κ1) is 26.1. The van der Waals surface area contributed by atoms with Crippen LogP contribution in [0.5, 0.6) is 0 Å². The van der Waals surface area contributed by atoms with Gasteiger partial charge in [-0.05, 0) is 52.0 Å². The van der Waals surface area contributed by atoms with Gasteiger partial charge in [-0.2, -0.15) is 0 Å². The van der Waals surface area contributed by atoms with E-state index in [2.05, 4.69) is 36.9 Å². The Labute approximate surface area is 187 Å². The lowest BCUT2D eigenvalue weighted by Gasteiger charge is -2.20. The van der Waals surface area contributed by atoms with Crippen molar-refractivity contribution in [3.63, 3.8) is 0 Å². The summed E-state index contributed by atoms with van der Waals surface area (Å²) in [5.41, 5.74) is -0.322. The first-order valence-electron chi connectivity index (χ1n) is 8.35. The van der Waals surface area contributed by atoms with E-state index < -0.39 is 9.84 Å². The first-order chi connectivity index (χ1) is 12.0. The first-order valence-corrected chi connectivity index (χ1v) is 10.8. The number of carbonyl (C=O) groups excluding carboxylic acids is 1. The Hall–Kier alpha value is -0.880. The van der Waals surface area contributed by atoms with E-state index in [0.29, 0.717) is 12.5 Å². The molecule has 1 rings (SSSR count). The fraction of sp³-hybridized carbons (Fsp3) is 0.529. The molecule has 1 aromatic carbocycles. The molecular weight excluding hydrogens is 547 g/mol. The summed E-state index contributed by atoms with van der Waals surface area (Å²) in [5.74, 6) is 0.132. The number of rotatable bonds is 7. The highest BCUT2D eigenvalue weighted by Crippen LogP contribution is 2.15. The van der Waals surface area contributed by atoms with Gasteiger partial charge in [0.25, 0.3) is 0 Å². The molecule has 154 valence electrons. The number of guanidine groups is 1. The molecule has 0 spiro atoms. The van der Waals surface area contributed by atoms with Crippen molar-refractivity contribution < 1.29 is 13.2 Å². The minimum Gasteiger partial charge on any atom is -0.357 e. The van der Waals surface area contributed by atoms with E-state index in [4.69, 9.17) is 0 Å². The van der Waals surface area contributed by atoms with E-state index in [1.165, 1.54) is 0 Å². The Morgan fingerprint density at radius 1 is 1.15 bits per heavy atom. The van der Waals surface area contributed by atoms with Gasteiger partial charge in [0.15, 0.2) is 15.8 Å².